The third kappa shape index (κ3) is 4.90. The van der Waals surface area contributed by atoms with E-state index in [0.29, 0.717) is 13.0 Å². The maximum absolute atomic E-state index is 12.6. The second-order valence-electron chi connectivity index (χ2n) is 7.83. The summed E-state index contributed by atoms with van der Waals surface area (Å²) in [5.41, 5.74) is 1.30. The van der Waals surface area contributed by atoms with Crippen LogP contribution in [-0.4, -0.2) is 40.1 Å². The van der Waals surface area contributed by atoms with Crippen LogP contribution in [0.4, 0.5) is 4.79 Å². The summed E-state index contributed by atoms with van der Waals surface area (Å²) < 4.78 is 10.9. The number of thiazole rings is 1. The second-order valence-corrected chi connectivity index (χ2v) is 8.92. The minimum absolute atomic E-state index is 0.161. The first-order valence-electron chi connectivity index (χ1n) is 9.42. The van der Waals surface area contributed by atoms with Crippen molar-refractivity contribution in [3.63, 3.8) is 0 Å². The number of benzene rings is 1. The molecule has 1 amide bonds. The molecule has 1 atom stereocenters. The fraction of sp³-hybridized carbons (Fsp3) is 0.476. The SMILES string of the molecule is Cc1nc(-c2ccccc2)sc1COC(=O)C1CCCN1C(=O)OC(C)(C)C. The number of hydrogen-bond acceptors (Lipinski definition) is 6. The number of aryl methyl sites for hydroxylation is 1. The molecule has 1 aromatic carbocycles. The summed E-state index contributed by atoms with van der Waals surface area (Å²) in [6.07, 6.45) is 0.887. The van der Waals surface area contributed by atoms with Crippen molar-refractivity contribution in [3.8, 4) is 10.6 Å². The Morgan fingerprint density at radius 1 is 1.25 bits per heavy atom. The van der Waals surface area contributed by atoms with Gasteiger partial charge in [0.15, 0.2) is 0 Å². The molecule has 7 heteroatoms. The number of carbonyl (C=O) groups excluding carboxylic acids is 2. The fourth-order valence-electron chi connectivity index (χ4n) is 3.05. The molecule has 0 aliphatic carbocycles. The zero-order valence-electron chi connectivity index (χ0n) is 16.7. The maximum atomic E-state index is 12.6. The van der Waals surface area contributed by atoms with Gasteiger partial charge in [-0.05, 0) is 40.5 Å². The van der Waals surface area contributed by atoms with Crippen molar-refractivity contribution in [1.82, 2.24) is 9.88 Å². The molecule has 3 rings (SSSR count). The Labute approximate surface area is 169 Å². The molecule has 2 heterocycles. The topological polar surface area (TPSA) is 68.7 Å². The molecule has 0 spiro atoms. The first kappa shape index (κ1) is 20.3. The Balaban J connectivity index is 1.62. The Hall–Kier alpha value is -2.41. The third-order valence-corrected chi connectivity index (χ3v) is 5.59. The predicted molar refractivity (Wildman–Crippen MR) is 108 cm³/mol. The molecule has 1 aliphatic rings. The van der Waals surface area contributed by atoms with Crippen LogP contribution < -0.4 is 0 Å². The first-order chi connectivity index (χ1) is 13.2. The summed E-state index contributed by atoms with van der Waals surface area (Å²) in [5.74, 6) is -0.391. The average Bonchev–Trinajstić information content (AvgIpc) is 3.26. The molecule has 150 valence electrons. The first-order valence-corrected chi connectivity index (χ1v) is 10.2. The lowest BCUT2D eigenvalue weighted by Crippen LogP contribution is -2.44. The van der Waals surface area contributed by atoms with E-state index in [1.54, 1.807) is 0 Å². The van der Waals surface area contributed by atoms with Crippen LogP contribution in [0.5, 0.6) is 0 Å². The zero-order chi connectivity index (χ0) is 20.3. The van der Waals surface area contributed by atoms with E-state index in [1.165, 1.54) is 16.2 Å². The molecule has 2 aromatic rings. The number of esters is 1. The maximum Gasteiger partial charge on any atom is 0.411 e. The number of rotatable bonds is 4. The van der Waals surface area contributed by atoms with Crippen molar-refractivity contribution >= 4 is 23.4 Å². The normalized spacial score (nSPS) is 16.9. The average molecular weight is 403 g/mol. The van der Waals surface area contributed by atoms with Gasteiger partial charge in [-0.3, -0.25) is 4.90 Å². The summed E-state index contributed by atoms with van der Waals surface area (Å²) in [7, 11) is 0. The molecule has 1 unspecified atom stereocenters. The van der Waals surface area contributed by atoms with Crippen LogP contribution in [-0.2, 0) is 20.9 Å². The summed E-state index contributed by atoms with van der Waals surface area (Å²) >= 11 is 1.52. The van der Waals surface area contributed by atoms with E-state index < -0.39 is 23.7 Å². The molecule has 28 heavy (non-hydrogen) atoms. The highest BCUT2D eigenvalue weighted by molar-refractivity contribution is 7.15. The molecule has 0 saturated carbocycles. The number of likely N-dealkylation sites (tertiary alicyclic amines) is 1. The van der Waals surface area contributed by atoms with Crippen molar-refractivity contribution in [1.29, 1.82) is 0 Å². The molecule has 1 saturated heterocycles. The molecule has 0 radical (unpaired) electrons. The Morgan fingerprint density at radius 2 is 1.96 bits per heavy atom. The van der Waals surface area contributed by atoms with Gasteiger partial charge in [0, 0.05) is 12.1 Å². The number of carbonyl (C=O) groups is 2. The van der Waals surface area contributed by atoms with Gasteiger partial charge in [0.05, 0.1) is 10.6 Å². The molecule has 1 aromatic heterocycles. The van der Waals surface area contributed by atoms with Crippen LogP contribution in [0.25, 0.3) is 10.6 Å². The third-order valence-electron chi connectivity index (χ3n) is 4.41. The van der Waals surface area contributed by atoms with E-state index in [0.717, 1.165) is 27.6 Å². The highest BCUT2D eigenvalue weighted by Crippen LogP contribution is 2.29. The van der Waals surface area contributed by atoms with Crippen LogP contribution in [0, 0.1) is 6.92 Å². The summed E-state index contributed by atoms with van der Waals surface area (Å²) in [6, 6.07) is 9.33. The standard InChI is InChI=1S/C21H26N2O4S/c1-14-17(28-18(22-14)15-9-6-5-7-10-15)13-26-19(24)16-11-8-12-23(16)20(25)27-21(2,3)4/h5-7,9-10,16H,8,11-13H2,1-4H3. The van der Waals surface area contributed by atoms with E-state index in [1.807, 2.05) is 58.0 Å². The summed E-state index contributed by atoms with van der Waals surface area (Å²) in [5, 5.41) is 0.903. The number of nitrogens with zero attached hydrogens (tertiary/aromatic N) is 2. The van der Waals surface area contributed by atoms with E-state index in [-0.39, 0.29) is 6.61 Å². The van der Waals surface area contributed by atoms with Crippen molar-refractivity contribution in [2.24, 2.45) is 0 Å². The number of hydrogen-bond donors (Lipinski definition) is 0. The number of ether oxygens (including phenoxy) is 2. The van der Waals surface area contributed by atoms with Crippen LogP contribution in [0.3, 0.4) is 0 Å². The minimum atomic E-state index is -0.596. The van der Waals surface area contributed by atoms with Crippen molar-refractivity contribution in [3.05, 3.63) is 40.9 Å². The van der Waals surface area contributed by atoms with Gasteiger partial charge >= 0.3 is 12.1 Å². The Bertz CT molecular complexity index is 842. The highest BCUT2D eigenvalue weighted by atomic mass is 32.1. The second kappa shape index (κ2) is 8.31. The largest absolute Gasteiger partial charge is 0.458 e. The van der Waals surface area contributed by atoms with Gasteiger partial charge in [-0.1, -0.05) is 30.3 Å². The van der Waals surface area contributed by atoms with Crippen molar-refractivity contribution < 1.29 is 19.1 Å². The fourth-order valence-corrected chi connectivity index (χ4v) is 4.03. The lowest BCUT2D eigenvalue weighted by molar-refractivity contribution is -0.150. The molecule has 0 N–H and O–H groups in total. The van der Waals surface area contributed by atoms with Crippen LogP contribution in [0.1, 0.15) is 44.2 Å². The zero-order valence-corrected chi connectivity index (χ0v) is 17.5. The van der Waals surface area contributed by atoms with E-state index >= 15 is 0 Å². The smallest absolute Gasteiger partial charge is 0.411 e. The monoisotopic (exact) mass is 402 g/mol. The van der Waals surface area contributed by atoms with Gasteiger partial charge in [-0.2, -0.15) is 0 Å². The van der Waals surface area contributed by atoms with Gasteiger partial charge in [0.25, 0.3) is 0 Å². The van der Waals surface area contributed by atoms with Crippen LogP contribution in [0.2, 0.25) is 0 Å². The van der Waals surface area contributed by atoms with Crippen LogP contribution in [0.15, 0.2) is 30.3 Å². The van der Waals surface area contributed by atoms with E-state index in [4.69, 9.17) is 9.47 Å². The molecule has 1 aliphatic heterocycles. The van der Waals surface area contributed by atoms with Gasteiger partial charge < -0.3 is 9.47 Å². The highest BCUT2D eigenvalue weighted by Gasteiger charge is 2.37. The van der Waals surface area contributed by atoms with Gasteiger partial charge in [0.1, 0.15) is 23.3 Å². The van der Waals surface area contributed by atoms with E-state index in [2.05, 4.69) is 4.98 Å². The van der Waals surface area contributed by atoms with Gasteiger partial charge in [-0.25, -0.2) is 14.6 Å². The number of amides is 1. The van der Waals surface area contributed by atoms with Crippen LogP contribution >= 0.6 is 11.3 Å². The summed E-state index contributed by atoms with van der Waals surface area (Å²) in [4.78, 5) is 31.9. The predicted octanol–water partition coefficient (Wildman–Crippen LogP) is 4.56. The van der Waals surface area contributed by atoms with Crippen molar-refractivity contribution in [2.45, 2.75) is 58.8 Å². The molecule has 6 nitrogen and oxygen atoms in total. The number of aromatic nitrogens is 1. The van der Waals surface area contributed by atoms with Gasteiger partial charge in [0.2, 0.25) is 0 Å². The quantitative estimate of drug-likeness (QED) is 0.701. The minimum Gasteiger partial charge on any atom is -0.458 e. The summed E-state index contributed by atoms with van der Waals surface area (Å²) in [6.45, 7) is 8.01. The Kier molecular flexibility index (Phi) is 6.03. The lowest BCUT2D eigenvalue weighted by Gasteiger charge is -2.27. The molecular weight excluding hydrogens is 376 g/mol. The van der Waals surface area contributed by atoms with Crippen molar-refractivity contribution in [2.75, 3.05) is 6.54 Å². The van der Waals surface area contributed by atoms with E-state index in [9.17, 15) is 9.59 Å². The molecule has 1 fully saturated rings. The molecular formula is C21H26N2O4S. The molecule has 0 bridgehead atoms. The van der Waals surface area contributed by atoms with Gasteiger partial charge in [-0.15, -0.1) is 11.3 Å². The lowest BCUT2D eigenvalue weighted by atomic mass is 10.2. The Morgan fingerprint density at radius 3 is 2.64 bits per heavy atom.